The lowest BCUT2D eigenvalue weighted by molar-refractivity contribution is -0.333. The Bertz CT molecular complexity index is 1420. The Kier molecular flexibility index (Phi) is 17.1. The number of carbonyl (C=O) groups excluding carboxylic acids is 4. The molecule has 23 heteroatoms. The van der Waals surface area contributed by atoms with Gasteiger partial charge < -0.3 is 95.9 Å². The number of nitrogens with one attached hydrogen (secondary N) is 4. The molecule has 1 saturated carbocycles. The first-order valence-electron chi connectivity index (χ1n) is 19.3. The van der Waals surface area contributed by atoms with Crippen molar-refractivity contribution in [3.63, 3.8) is 0 Å². The first-order valence-corrected chi connectivity index (χ1v) is 19.3. The van der Waals surface area contributed by atoms with Crippen LogP contribution >= 0.6 is 0 Å². The fourth-order valence-electron chi connectivity index (χ4n) is 6.39. The first kappa shape index (κ1) is 50.2. The molecule has 3 fully saturated rings. The highest BCUT2D eigenvalue weighted by molar-refractivity contribution is 5.85. The standard InChI is InChI=1S/C36H65N5O18/c1-14(39-32(51)58-35(5,6)7)28(49)40-15-11-16(41-33(52)59-36(8,9)10)27(25(48)26(15)55-29-22(45)19(37)20(43)18(13-42)54-29)56-30-24(47)23(46)21(44)17(53-30)12-38-31(50)57-34(2,3)4/h14-27,29-30,42-48H,11-13,37H2,1-10H3,(H,38,50)(H,39,51)(H,40,49)(H,41,52)/t14-,15-,16+,17-,18-,19+,20-,21-,22-,23+,24-,25-,26+,27-,29-,30-/m1/s1. The highest BCUT2D eigenvalue weighted by atomic mass is 16.7. The summed E-state index contributed by atoms with van der Waals surface area (Å²) in [5.74, 6) is -0.828. The zero-order valence-electron chi connectivity index (χ0n) is 35.1. The molecule has 3 rings (SSSR count). The summed E-state index contributed by atoms with van der Waals surface area (Å²) in [6, 6.07) is -5.35. The van der Waals surface area contributed by atoms with E-state index in [4.69, 9.17) is 38.9 Å². The summed E-state index contributed by atoms with van der Waals surface area (Å²) in [6.07, 6.45) is -23.9. The average molecular weight is 856 g/mol. The lowest BCUT2D eigenvalue weighted by Gasteiger charge is -2.49. The molecule has 0 aromatic heterocycles. The minimum atomic E-state index is -1.98. The maximum absolute atomic E-state index is 13.6. The number of nitrogens with two attached hydrogens (primary N) is 1. The maximum atomic E-state index is 13.6. The second-order valence-electron chi connectivity index (χ2n) is 17.8. The van der Waals surface area contributed by atoms with Crippen molar-refractivity contribution in [2.45, 2.75) is 190 Å². The molecule has 3 aliphatic rings. The predicted octanol–water partition coefficient (Wildman–Crippen LogP) is -3.09. The smallest absolute Gasteiger partial charge is 0.408 e. The molecule has 16 atom stereocenters. The lowest BCUT2D eigenvalue weighted by Crippen LogP contribution is -2.70. The molecule has 1 aliphatic carbocycles. The fraction of sp³-hybridized carbons (Fsp3) is 0.889. The fourth-order valence-corrected chi connectivity index (χ4v) is 6.39. The van der Waals surface area contributed by atoms with Crippen molar-refractivity contribution in [3.05, 3.63) is 0 Å². The van der Waals surface area contributed by atoms with Crippen molar-refractivity contribution in [1.82, 2.24) is 21.3 Å². The number of carbonyl (C=O) groups is 4. The third kappa shape index (κ3) is 14.5. The van der Waals surface area contributed by atoms with E-state index < -0.39 is 152 Å². The van der Waals surface area contributed by atoms with Crippen molar-refractivity contribution >= 4 is 24.2 Å². The Balaban J connectivity index is 2.01. The van der Waals surface area contributed by atoms with Crippen molar-refractivity contribution in [3.8, 4) is 0 Å². The quantitative estimate of drug-likeness (QED) is 0.0916. The van der Waals surface area contributed by atoms with Crippen molar-refractivity contribution in [2.24, 2.45) is 5.73 Å². The summed E-state index contributed by atoms with van der Waals surface area (Å²) < 4.78 is 39.4. The van der Waals surface area contributed by atoms with Gasteiger partial charge in [0.15, 0.2) is 12.6 Å². The van der Waals surface area contributed by atoms with Gasteiger partial charge in [-0.2, -0.15) is 0 Å². The van der Waals surface area contributed by atoms with Gasteiger partial charge in [0.1, 0.15) is 83.9 Å². The predicted molar refractivity (Wildman–Crippen MR) is 201 cm³/mol. The number of aliphatic hydroxyl groups excluding tert-OH is 7. The molecule has 2 heterocycles. The van der Waals surface area contributed by atoms with Crippen LogP contribution < -0.4 is 27.0 Å². The molecular formula is C36H65N5O18. The number of aliphatic hydroxyl groups is 7. The van der Waals surface area contributed by atoms with E-state index in [2.05, 4.69) is 21.3 Å². The summed E-state index contributed by atoms with van der Waals surface area (Å²) in [4.78, 5) is 51.7. The number of ether oxygens (including phenoxy) is 7. The Morgan fingerprint density at radius 1 is 0.644 bits per heavy atom. The SMILES string of the molecule is C[C@@H](NC(=O)OC(C)(C)C)C(=O)N[C@@H]1C[C@H](NC(=O)OC(C)(C)C)[C@@H](O[C@H]2O[C@H](CNC(=O)OC(C)(C)C)[C@@H](O)[C@H](O)[C@H]2O)[C@H](O)[C@H]1O[C@H]1O[C@H](CO)[C@@H](O)[C@H](N)[C@H]1O. The van der Waals surface area contributed by atoms with Gasteiger partial charge in [-0.3, -0.25) is 4.79 Å². The summed E-state index contributed by atoms with van der Waals surface area (Å²) in [5.41, 5.74) is 3.20. The van der Waals surface area contributed by atoms with E-state index in [1.54, 1.807) is 62.3 Å². The summed E-state index contributed by atoms with van der Waals surface area (Å²) in [7, 11) is 0. The van der Waals surface area contributed by atoms with E-state index in [9.17, 15) is 54.9 Å². The molecule has 0 aromatic carbocycles. The lowest BCUT2D eigenvalue weighted by atomic mass is 9.83. The number of alkyl carbamates (subject to hydrolysis) is 3. The second kappa shape index (κ2) is 20.1. The third-order valence-electron chi connectivity index (χ3n) is 9.17. The topological polar surface area (TPSA) is 349 Å². The maximum Gasteiger partial charge on any atom is 0.408 e. The van der Waals surface area contributed by atoms with Crippen LogP contribution in [-0.2, 0) is 38.0 Å². The zero-order chi connectivity index (χ0) is 44.9. The molecule has 2 aliphatic heterocycles. The monoisotopic (exact) mass is 855 g/mol. The van der Waals surface area contributed by atoms with Crippen LogP contribution in [-0.4, -0.2) is 188 Å². The Morgan fingerprint density at radius 3 is 1.64 bits per heavy atom. The third-order valence-corrected chi connectivity index (χ3v) is 9.17. The van der Waals surface area contributed by atoms with E-state index in [-0.39, 0.29) is 6.42 Å². The van der Waals surface area contributed by atoms with Crippen LogP contribution in [0.5, 0.6) is 0 Å². The van der Waals surface area contributed by atoms with Gasteiger partial charge in [0.05, 0.1) is 24.7 Å². The highest BCUT2D eigenvalue weighted by Crippen LogP contribution is 2.33. The van der Waals surface area contributed by atoms with Crippen molar-refractivity contribution in [1.29, 1.82) is 0 Å². The molecule has 342 valence electrons. The second-order valence-corrected chi connectivity index (χ2v) is 17.8. The van der Waals surface area contributed by atoms with Crippen LogP contribution in [0.25, 0.3) is 0 Å². The van der Waals surface area contributed by atoms with Crippen LogP contribution in [0.15, 0.2) is 0 Å². The van der Waals surface area contributed by atoms with Crippen LogP contribution in [0.1, 0.15) is 75.7 Å². The molecule has 59 heavy (non-hydrogen) atoms. The minimum absolute atomic E-state index is 0.366. The molecular weight excluding hydrogens is 790 g/mol. The molecule has 0 radical (unpaired) electrons. The highest BCUT2D eigenvalue weighted by Gasteiger charge is 2.54. The van der Waals surface area contributed by atoms with Gasteiger partial charge in [-0.1, -0.05) is 0 Å². The van der Waals surface area contributed by atoms with Gasteiger partial charge in [0.25, 0.3) is 0 Å². The van der Waals surface area contributed by atoms with E-state index >= 15 is 0 Å². The van der Waals surface area contributed by atoms with E-state index in [0.717, 1.165) is 0 Å². The van der Waals surface area contributed by atoms with Gasteiger partial charge in [-0.25, -0.2) is 14.4 Å². The Hall–Kier alpha value is -3.20. The molecule has 0 unspecified atom stereocenters. The van der Waals surface area contributed by atoms with Gasteiger partial charge in [-0.15, -0.1) is 0 Å². The first-order chi connectivity index (χ1) is 27.0. The molecule has 13 N–H and O–H groups in total. The van der Waals surface area contributed by atoms with Crippen molar-refractivity contribution in [2.75, 3.05) is 13.2 Å². The molecule has 2 saturated heterocycles. The van der Waals surface area contributed by atoms with Gasteiger partial charge in [0, 0.05) is 6.54 Å². The number of hydrogen-bond acceptors (Lipinski definition) is 19. The van der Waals surface area contributed by atoms with E-state index in [1.807, 2.05) is 0 Å². The number of hydrogen-bond donors (Lipinski definition) is 12. The summed E-state index contributed by atoms with van der Waals surface area (Å²) in [5, 5.41) is 85.9. The normalized spacial score (nSPS) is 36.1. The molecule has 4 amide bonds. The van der Waals surface area contributed by atoms with E-state index in [0.29, 0.717) is 0 Å². The Labute approximate surface area is 342 Å². The molecule has 0 bridgehead atoms. The largest absolute Gasteiger partial charge is 0.444 e. The van der Waals surface area contributed by atoms with Gasteiger partial charge >= 0.3 is 18.3 Å². The van der Waals surface area contributed by atoms with Crippen LogP contribution in [0.2, 0.25) is 0 Å². The molecule has 0 aromatic rings. The Morgan fingerprint density at radius 2 is 1.12 bits per heavy atom. The van der Waals surface area contributed by atoms with Crippen LogP contribution in [0.4, 0.5) is 14.4 Å². The van der Waals surface area contributed by atoms with Gasteiger partial charge in [-0.05, 0) is 75.7 Å². The summed E-state index contributed by atoms with van der Waals surface area (Å²) in [6.45, 7) is 14.6. The molecule has 0 spiro atoms. The average Bonchev–Trinajstić information content (AvgIpc) is 3.08. The van der Waals surface area contributed by atoms with Crippen molar-refractivity contribution < 1.29 is 88.1 Å². The zero-order valence-corrected chi connectivity index (χ0v) is 35.1. The minimum Gasteiger partial charge on any atom is -0.444 e. The number of amides is 4. The number of rotatable bonds is 11. The van der Waals surface area contributed by atoms with Crippen LogP contribution in [0.3, 0.4) is 0 Å². The van der Waals surface area contributed by atoms with E-state index in [1.165, 1.54) is 6.92 Å². The van der Waals surface area contributed by atoms with Gasteiger partial charge in [0.2, 0.25) is 5.91 Å². The summed E-state index contributed by atoms with van der Waals surface area (Å²) >= 11 is 0. The van der Waals surface area contributed by atoms with Crippen LogP contribution in [0, 0.1) is 0 Å². The molecule has 23 nitrogen and oxygen atoms in total.